The van der Waals surface area contributed by atoms with Crippen molar-refractivity contribution >= 4 is 11.7 Å². The summed E-state index contributed by atoms with van der Waals surface area (Å²) >= 11 is 0. The van der Waals surface area contributed by atoms with E-state index in [9.17, 15) is 4.79 Å². The van der Waals surface area contributed by atoms with E-state index in [1.54, 1.807) is 12.1 Å². The summed E-state index contributed by atoms with van der Waals surface area (Å²) in [6, 6.07) is 5.33. The Kier molecular flexibility index (Phi) is 2.62. The number of hydrogen-bond acceptors (Lipinski definition) is 2. The molecule has 1 heterocycles. The normalized spacial score (nSPS) is 18.3. The molecule has 0 aromatic heterocycles. The topological polar surface area (TPSA) is 49.3 Å². The van der Waals surface area contributed by atoms with Gasteiger partial charge in [0.05, 0.1) is 5.56 Å². The summed E-state index contributed by atoms with van der Waals surface area (Å²) in [5.41, 5.74) is 2.65. The highest BCUT2D eigenvalue weighted by Gasteiger charge is 2.22. The van der Waals surface area contributed by atoms with Gasteiger partial charge in [-0.15, -0.1) is 0 Å². The van der Waals surface area contributed by atoms with Crippen LogP contribution in [-0.2, 0) is 0 Å². The van der Waals surface area contributed by atoms with Gasteiger partial charge >= 0.3 is 5.97 Å². The highest BCUT2D eigenvalue weighted by molar-refractivity contribution is 5.88. The second kappa shape index (κ2) is 3.93. The summed E-state index contributed by atoms with van der Waals surface area (Å²) in [5.74, 6) is -0.371. The Labute approximate surface area is 89.1 Å². The number of carboxylic acid groups (broad SMARTS) is 1. The number of rotatable bonds is 3. The third kappa shape index (κ3) is 1.82. The van der Waals surface area contributed by atoms with E-state index in [-0.39, 0.29) is 0 Å². The lowest BCUT2D eigenvalue weighted by Gasteiger charge is -2.08. The molecular weight excluding hydrogens is 190 g/mol. The SMILES string of the molecule is CCCC1CNc2ccc(C(=O)O)cc21. The number of carboxylic acids is 1. The lowest BCUT2D eigenvalue weighted by atomic mass is 9.95. The van der Waals surface area contributed by atoms with Crippen molar-refractivity contribution in [1.82, 2.24) is 0 Å². The first-order valence-electron chi connectivity index (χ1n) is 5.33. The van der Waals surface area contributed by atoms with E-state index in [2.05, 4.69) is 12.2 Å². The van der Waals surface area contributed by atoms with Crippen molar-refractivity contribution < 1.29 is 9.90 Å². The molecule has 3 heteroatoms. The Bertz CT molecular complexity index is 385. The standard InChI is InChI=1S/C12H15NO2/c1-2-3-9-7-13-11-5-4-8(12(14)15)6-10(9)11/h4-6,9,13H,2-3,7H2,1H3,(H,14,15). The Morgan fingerprint density at radius 1 is 1.60 bits per heavy atom. The smallest absolute Gasteiger partial charge is 0.335 e. The van der Waals surface area contributed by atoms with Gasteiger partial charge in [0, 0.05) is 18.2 Å². The maximum atomic E-state index is 10.8. The average Bonchev–Trinajstić information content (AvgIpc) is 2.61. The molecule has 0 saturated carbocycles. The third-order valence-electron chi connectivity index (χ3n) is 2.91. The number of benzene rings is 1. The molecule has 80 valence electrons. The molecule has 1 aliphatic rings. The summed E-state index contributed by atoms with van der Waals surface area (Å²) in [6.07, 6.45) is 2.24. The molecule has 1 aromatic rings. The van der Waals surface area contributed by atoms with Crippen LogP contribution >= 0.6 is 0 Å². The van der Waals surface area contributed by atoms with Crippen molar-refractivity contribution in [2.75, 3.05) is 11.9 Å². The first kappa shape index (κ1) is 10.0. The van der Waals surface area contributed by atoms with Crippen LogP contribution in [0, 0.1) is 0 Å². The minimum absolute atomic E-state index is 0.388. The van der Waals surface area contributed by atoms with Crippen LogP contribution in [0.3, 0.4) is 0 Å². The van der Waals surface area contributed by atoms with Crippen LogP contribution in [0.1, 0.15) is 41.6 Å². The van der Waals surface area contributed by atoms with Crippen molar-refractivity contribution in [3.05, 3.63) is 29.3 Å². The van der Waals surface area contributed by atoms with Gasteiger partial charge < -0.3 is 10.4 Å². The molecule has 1 unspecified atom stereocenters. The lowest BCUT2D eigenvalue weighted by molar-refractivity contribution is 0.0697. The number of aromatic carboxylic acids is 1. The van der Waals surface area contributed by atoms with Gasteiger partial charge in [-0.3, -0.25) is 0 Å². The van der Waals surface area contributed by atoms with Crippen molar-refractivity contribution in [1.29, 1.82) is 0 Å². The van der Waals surface area contributed by atoms with Gasteiger partial charge in [-0.25, -0.2) is 4.79 Å². The summed E-state index contributed by atoms with van der Waals surface area (Å²) < 4.78 is 0. The minimum atomic E-state index is -0.847. The second-order valence-electron chi connectivity index (χ2n) is 3.97. The van der Waals surface area contributed by atoms with E-state index in [1.165, 1.54) is 0 Å². The highest BCUT2D eigenvalue weighted by Crippen LogP contribution is 2.34. The summed E-state index contributed by atoms with van der Waals surface area (Å²) in [4.78, 5) is 10.8. The van der Waals surface area contributed by atoms with E-state index in [4.69, 9.17) is 5.11 Å². The summed E-state index contributed by atoms with van der Waals surface area (Å²) in [5, 5.41) is 12.2. The van der Waals surface area contributed by atoms with Crippen LogP contribution in [0.4, 0.5) is 5.69 Å². The Hall–Kier alpha value is -1.51. The van der Waals surface area contributed by atoms with E-state index in [1.807, 2.05) is 6.07 Å². The zero-order valence-electron chi connectivity index (χ0n) is 8.79. The summed E-state index contributed by atoms with van der Waals surface area (Å²) in [6.45, 7) is 3.09. The zero-order valence-corrected chi connectivity index (χ0v) is 8.79. The van der Waals surface area contributed by atoms with Crippen molar-refractivity contribution in [3.63, 3.8) is 0 Å². The van der Waals surface area contributed by atoms with Gasteiger partial charge in [-0.2, -0.15) is 0 Å². The lowest BCUT2D eigenvalue weighted by Crippen LogP contribution is -2.01. The van der Waals surface area contributed by atoms with Crippen molar-refractivity contribution in [3.8, 4) is 0 Å². The second-order valence-corrected chi connectivity index (χ2v) is 3.97. The van der Waals surface area contributed by atoms with E-state index >= 15 is 0 Å². The van der Waals surface area contributed by atoms with Crippen LogP contribution in [0.2, 0.25) is 0 Å². The Morgan fingerprint density at radius 2 is 2.40 bits per heavy atom. The molecule has 1 aliphatic heterocycles. The van der Waals surface area contributed by atoms with Crippen molar-refractivity contribution in [2.45, 2.75) is 25.7 Å². The molecule has 2 rings (SSSR count). The molecule has 3 nitrogen and oxygen atoms in total. The molecule has 15 heavy (non-hydrogen) atoms. The molecule has 0 aliphatic carbocycles. The molecule has 1 aromatic carbocycles. The van der Waals surface area contributed by atoms with Gasteiger partial charge in [0.1, 0.15) is 0 Å². The van der Waals surface area contributed by atoms with Crippen LogP contribution in [-0.4, -0.2) is 17.6 Å². The first-order valence-corrected chi connectivity index (χ1v) is 5.33. The first-order chi connectivity index (χ1) is 7.22. The predicted octanol–water partition coefficient (Wildman–Crippen LogP) is 2.69. The molecule has 0 spiro atoms. The Balaban J connectivity index is 2.33. The van der Waals surface area contributed by atoms with Gasteiger partial charge in [0.15, 0.2) is 0 Å². The van der Waals surface area contributed by atoms with Crippen molar-refractivity contribution in [2.24, 2.45) is 0 Å². The molecule has 0 saturated heterocycles. The molecule has 1 atom stereocenters. The largest absolute Gasteiger partial charge is 0.478 e. The molecule has 2 N–H and O–H groups in total. The molecular formula is C12H15NO2. The molecule has 0 fully saturated rings. The van der Waals surface area contributed by atoms with Crippen LogP contribution < -0.4 is 5.32 Å². The number of fused-ring (bicyclic) bond motifs is 1. The molecule has 0 radical (unpaired) electrons. The highest BCUT2D eigenvalue weighted by atomic mass is 16.4. The van der Waals surface area contributed by atoms with E-state index in [0.29, 0.717) is 11.5 Å². The fourth-order valence-electron chi connectivity index (χ4n) is 2.14. The van der Waals surface area contributed by atoms with Gasteiger partial charge in [0.25, 0.3) is 0 Å². The van der Waals surface area contributed by atoms with Crippen LogP contribution in [0.25, 0.3) is 0 Å². The minimum Gasteiger partial charge on any atom is -0.478 e. The average molecular weight is 205 g/mol. The maximum absolute atomic E-state index is 10.8. The quantitative estimate of drug-likeness (QED) is 0.797. The maximum Gasteiger partial charge on any atom is 0.335 e. The van der Waals surface area contributed by atoms with Gasteiger partial charge in [-0.1, -0.05) is 13.3 Å². The number of hydrogen-bond donors (Lipinski definition) is 2. The van der Waals surface area contributed by atoms with E-state index in [0.717, 1.165) is 30.6 Å². The van der Waals surface area contributed by atoms with Gasteiger partial charge in [-0.05, 0) is 30.2 Å². The number of anilines is 1. The zero-order chi connectivity index (χ0) is 10.8. The van der Waals surface area contributed by atoms with Gasteiger partial charge in [0.2, 0.25) is 0 Å². The monoisotopic (exact) mass is 205 g/mol. The molecule has 0 amide bonds. The van der Waals surface area contributed by atoms with Crippen LogP contribution in [0.5, 0.6) is 0 Å². The number of carbonyl (C=O) groups is 1. The number of nitrogens with one attached hydrogen (secondary N) is 1. The predicted molar refractivity (Wildman–Crippen MR) is 59.5 cm³/mol. The van der Waals surface area contributed by atoms with Crippen LogP contribution in [0.15, 0.2) is 18.2 Å². The fraction of sp³-hybridized carbons (Fsp3) is 0.417. The third-order valence-corrected chi connectivity index (χ3v) is 2.91. The summed E-state index contributed by atoms with van der Waals surface area (Å²) in [7, 11) is 0. The van der Waals surface area contributed by atoms with E-state index < -0.39 is 5.97 Å². The Morgan fingerprint density at radius 3 is 3.07 bits per heavy atom. The fourth-order valence-corrected chi connectivity index (χ4v) is 2.14. The molecule has 0 bridgehead atoms.